The first-order valence-electron chi connectivity index (χ1n) is 10.8. The molecule has 3 aliphatic rings. The van der Waals surface area contributed by atoms with E-state index in [0.717, 1.165) is 17.7 Å². The van der Waals surface area contributed by atoms with Crippen molar-refractivity contribution in [3.8, 4) is 0 Å². The first-order chi connectivity index (χ1) is 15.9. The Morgan fingerprint density at radius 3 is 2.18 bits per heavy atom. The fraction of sp³-hybridized carbons (Fsp3) is 0.292. The number of benzene rings is 2. The lowest BCUT2D eigenvalue weighted by atomic mass is 9.90. The summed E-state index contributed by atoms with van der Waals surface area (Å²) in [4.78, 5) is 65.8. The van der Waals surface area contributed by atoms with Gasteiger partial charge in [-0.2, -0.15) is 0 Å². The van der Waals surface area contributed by atoms with Gasteiger partial charge >= 0.3 is 5.97 Å². The van der Waals surface area contributed by atoms with Gasteiger partial charge < -0.3 is 10.1 Å². The Kier molecular flexibility index (Phi) is 4.96. The van der Waals surface area contributed by atoms with Crippen LogP contribution >= 0.6 is 0 Å². The van der Waals surface area contributed by atoms with Crippen LogP contribution in [0.5, 0.6) is 0 Å². The van der Waals surface area contributed by atoms with Crippen LogP contribution in [0.1, 0.15) is 46.4 Å². The van der Waals surface area contributed by atoms with Crippen molar-refractivity contribution in [2.45, 2.75) is 31.2 Å². The monoisotopic (exact) mass is 447 g/mol. The number of rotatable bonds is 4. The maximum Gasteiger partial charge on any atom is 0.326 e. The molecule has 0 atom stereocenters. The topological polar surface area (TPSA) is 113 Å². The molecule has 1 saturated carbocycles. The van der Waals surface area contributed by atoms with Gasteiger partial charge in [-0.3, -0.25) is 33.8 Å². The van der Waals surface area contributed by atoms with E-state index in [-0.39, 0.29) is 17.0 Å². The smallest absolute Gasteiger partial charge is 0.326 e. The predicted octanol–water partition coefficient (Wildman–Crippen LogP) is 2.12. The molecule has 2 aromatic rings. The van der Waals surface area contributed by atoms with Crippen molar-refractivity contribution < 1.29 is 28.7 Å². The van der Waals surface area contributed by atoms with Gasteiger partial charge in [-0.1, -0.05) is 37.1 Å². The maximum absolute atomic E-state index is 13.2. The van der Waals surface area contributed by atoms with E-state index < -0.39 is 42.4 Å². The molecule has 2 aromatic carbocycles. The van der Waals surface area contributed by atoms with Crippen LogP contribution in [0.2, 0.25) is 0 Å². The van der Waals surface area contributed by atoms with Crippen molar-refractivity contribution in [3.63, 3.8) is 0 Å². The largest absolute Gasteiger partial charge is 0.454 e. The van der Waals surface area contributed by atoms with E-state index in [0.29, 0.717) is 24.2 Å². The standard InChI is InChI=1S/C24H21N3O6/c28-19(14-33-20(29)13-26-21(30)15-7-1-2-8-16(15)22(26)31)27-18-10-4-3-9-17(18)25-23(32)24(27)11-5-6-12-24/h1-4,7-10H,5-6,11-14H2,(H,25,32). The number of fused-ring (bicyclic) bond motifs is 2. The first-order valence-corrected chi connectivity index (χ1v) is 10.8. The highest BCUT2D eigenvalue weighted by Crippen LogP contribution is 2.45. The van der Waals surface area contributed by atoms with Gasteiger partial charge in [-0.15, -0.1) is 0 Å². The van der Waals surface area contributed by atoms with Gasteiger partial charge in [-0.05, 0) is 37.1 Å². The minimum Gasteiger partial charge on any atom is -0.454 e. The molecule has 2 heterocycles. The normalized spacial score (nSPS) is 18.2. The van der Waals surface area contributed by atoms with Gasteiger partial charge in [0.2, 0.25) is 0 Å². The number of nitrogens with one attached hydrogen (secondary N) is 1. The fourth-order valence-electron chi connectivity index (χ4n) is 4.89. The third kappa shape index (κ3) is 3.27. The van der Waals surface area contributed by atoms with Crippen LogP contribution in [0.4, 0.5) is 11.4 Å². The number of anilines is 2. The van der Waals surface area contributed by atoms with E-state index in [9.17, 15) is 24.0 Å². The fourth-order valence-corrected chi connectivity index (χ4v) is 4.89. The molecular formula is C24H21N3O6. The summed E-state index contributed by atoms with van der Waals surface area (Å²) >= 11 is 0. The second-order valence-corrected chi connectivity index (χ2v) is 8.34. The average molecular weight is 447 g/mol. The van der Waals surface area contributed by atoms with Crippen molar-refractivity contribution >= 4 is 41.0 Å². The highest BCUT2D eigenvalue weighted by atomic mass is 16.5. The van der Waals surface area contributed by atoms with E-state index in [2.05, 4.69) is 5.32 Å². The molecule has 0 saturated heterocycles. The Morgan fingerprint density at radius 2 is 1.52 bits per heavy atom. The molecule has 1 N–H and O–H groups in total. The summed E-state index contributed by atoms with van der Waals surface area (Å²) in [6.07, 6.45) is 2.64. The minimum absolute atomic E-state index is 0.227. The van der Waals surface area contributed by atoms with Crippen molar-refractivity contribution in [3.05, 3.63) is 59.7 Å². The number of para-hydroxylation sites is 2. The van der Waals surface area contributed by atoms with E-state index in [4.69, 9.17) is 4.74 Å². The Balaban J connectivity index is 1.31. The molecular weight excluding hydrogens is 426 g/mol. The number of nitrogens with zero attached hydrogens (tertiary/aromatic N) is 2. The zero-order valence-electron chi connectivity index (χ0n) is 17.7. The number of amides is 4. The lowest BCUT2D eigenvalue weighted by Crippen LogP contribution is -2.61. The van der Waals surface area contributed by atoms with Gasteiger partial charge in [0.05, 0.1) is 22.5 Å². The molecule has 0 bridgehead atoms. The molecule has 4 amide bonds. The summed E-state index contributed by atoms with van der Waals surface area (Å²) in [5.74, 6) is -2.82. The van der Waals surface area contributed by atoms with Crippen molar-refractivity contribution in [2.24, 2.45) is 0 Å². The number of imide groups is 1. The highest BCUT2D eigenvalue weighted by Gasteiger charge is 2.52. The van der Waals surface area contributed by atoms with Crippen LogP contribution in [0.25, 0.3) is 0 Å². The van der Waals surface area contributed by atoms with Gasteiger partial charge in [0.1, 0.15) is 12.1 Å². The van der Waals surface area contributed by atoms with Crippen molar-refractivity contribution in [1.82, 2.24) is 4.90 Å². The summed E-state index contributed by atoms with van der Waals surface area (Å²) in [6, 6.07) is 13.3. The lowest BCUT2D eigenvalue weighted by molar-refractivity contribution is -0.148. The molecule has 1 fully saturated rings. The van der Waals surface area contributed by atoms with Crippen LogP contribution in [0.3, 0.4) is 0 Å². The maximum atomic E-state index is 13.2. The quantitative estimate of drug-likeness (QED) is 0.568. The van der Waals surface area contributed by atoms with E-state index in [1.807, 2.05) is 0 Å². The Labute approximate surface area is 189 Å². The molecule has 5 rings (SSSR count). The molecule has 0 unspecified atom stereocenters. The van der Waals surface area contributed by atoms with E-state index >= 15 is 0 Å². The van der Waals surface area contributed by atoms with Crippen LogP contribution in [0, 0.1) is 0 Å². The van der Waals surface area contributed by atoms with Crippen molar-refractivity contribution in [2.75, 3.05) is 23.4 Å². The van der Waals surface area contributed by atoms with Crippen LogP contribution in [-0.4, -0.2) is 53.2 Å². The van der Waals surface area contributed by atoms with Crippen molar-refractivity contribution in [1.29, 1.82) is 0 Å². The summed E-state index contributed by atoms with van der Waals surface area (Å²) in [5.41, 5.74) is 0.516. The van der Waals surface area contributed by atoms with Crippen LogP contribution in [-0.2, 0) is 19.1 Å². The number of hydrogen-bond acceptors (Lipinski definition) is 6. The summed E-state index contributed by atoms with van der Waals surface area (Å²) < 4.78 is 5.16. The number of ether oxygens (including phenoxy) is 1. The van der Waals surface area contributed by atoms with Gasteiger partial charge in [-0.25, -0.2) is 0 Å². The third-order valence-corrected chi connectivity index (χ3v) is 6.45. The first kappa shape index (κ1) is 20.9. The highest BCUT2D eigenvalue weighted by molar-refractivity contribution is 6.22. The number of carbonyl (C=O) groups is 5. The SMILES string of the molecule is O=C(CN1C(=O)c2ccccc2C1=O)OCC(=O)N1c2ccccc2NC(=O)C12CCCC2. The lowest BCUT2D eigenvalue weighted by Gasteiger charge is -2.44. The third-order valence-electron chi connectivity index (χ3n) is 6.45. The molecule has 33 heavy (non-hydrogen) atoms. The van der Waals surface area contributed by atoms with Gasteiger partial charge in [0.25, 0.3) is 23.6 Å². The zero-order valence-corrected chi connectivity index (χ0v) is 17.7. The van der Waals surface area contributed by atoms with Gasteiger partial charge in [0.15, 0.2) is 6.61 Å². The molecule has 168 valence electrons. The van der Waals surface area contributed by atoms with Crippen LogP contribution < -0.4 is 10.2 Å². The number of hydrogen-bond donors (Lipinski definition) is 1. The molecule has 1 aliphatic carbocycles. The Morgan fingerprint density at radius 1 is 0.909 bits per heavy atom. The Bertz CT molecular complexity index is 1170. The molecule has 0 aromatic heterocycles. The second-order valence-electron chi connectivity index (χ2n) is 8.34. The molecule has 9 heteroatoms. The average Bonchev–Trinajstić information content (AvgIpc) is 3.39. The van der Waals surface area contributed by atoms with Gasteiger partial charge in [0, 0.05) is 0 Å². The summed E-state index contributed by atoms with van der Waals surface area (Å²) in [6.45, 7) is -1.20. The molecule has 2 aliphatic heterocycles. The summed E-state index contributed by atoms with van der Waals surface area (Å²) in [5, 5.41) is 2.89. The second kappa shape index (κ2) is 7.84. The minimum atomic E-state index is -1.01. The van der Waals surface area contributed by atoms with E-state index in [1.165, 1.54) is 17.0 Å². The summed E-state index contributed by atoms with van der Waals surface area (Å²) in [7, 11) is 0. The van der Waals surface area contributed by atoms with E-state index in [1.54, 1.807) is 36.4 Å². The molecule has 0 radical (unpaired) electrons. The molecule has 1 spiro atoms. The Hall–Kier alpha value is -4.01. The number of carbonyl (C=O) groups excluding carboxylic acids is 5. The van der Waals surface area contributed by atoms with Crippen LogP contribution in [0.15, 0.2) is 48.5 Å². The molecule has 9 nitrogen and oxygen atoms in total. The predicted molar refractivity (Wildman–Crippen MR) is 117 cm³/mol. The number of esters is 1. The zero-order chi connectivity index (χ0) is 23.2.